The average Bonchev–Trinajstić information content (AvgIpc) is 3.00. The number of hydrogen-bond acceptors (Lipinski definition) is 5. The fourth-order valence-electron chi connectivity index (χ4n) is 2.29. The average molecular weight is 310 g/mol. The number of carboxylic acid groups (broad SMARTS) is 2. The summed E-state index contributed by atoms with van der Waals surface area (Å²) in [5.74, 6) is -2.67. The van der Waals surface area contributed by atoms with Crippen molar-refractivity contribution in [2.45, 2.75) is 0 Å². The fraction of sp³-hybridized carbons (Fsp3) is 0. The molecule has 23 heavy (non-hydrogen) atoms. The monoisotopic (exact) mass is 310 g/mol. The summed E-state index contributed by atoms with van der Waals surface area (Å²) in [5.41, 5.74) is 0.689. The van der Waals surface area contributed by atoms with Gasteiger partial charge in [-0.1, -0.05) is 36.4 Å². The Morgan fingerprint density at radius 2 is 1.39 bits per heavy atom. The summed E-state index contributed by atoms with van der Waals surface area (Å²) >= 11 is 0. The van der Waals surface area contributed by atoms with Gasteiger partial charge in [-0.3, -0.25) is 0 Å². The van der Waals surface area contributed by atoms with Crippen molar-refractivity contribution >= 4 is 34.1 Å². The van der Waals surface area contributed by atoms with Gasteiger partial charge in [0, 0.05) is 0 Å². The molecule has 2 aromatic carbocycles. The van der Waals surface area contributed by atoms with Crippen molar-refractivity contribution in [3.63, 3.8) is 0 Å². The maximum atomic E-state index is 11.7. The van der Waals surface area contributed by atoms with Gasteiger partial charge in [-0.25, -0.2) is 14.2 Å². The highest BCUT2D eigenvalue weighted by Crippen LogP contribution is 2.28. The van der Waals surface area contributed by atoms with Crippen molar-refractivity contribution in [1.29, 1.82) is 0 Å². The van der Waals surface area contributed by atoms with Crippen molar-refractivity contribution in [3.05, 3.63) is 59.7 Å². The molecule has 0 aliphatic rings. The van der Waals surface area contributed by atoms with Gasteiger partial charge in [-0.2, -0.15) is 0 Å². The molecule has 0 amide bonds. The van der Waals surface area contributed by atoms with Gasteiger partial charge in [-0.15, -0.1) is 0 Å². The normalized spacial score (nSPS) is 12.0. The van der Waals surface area contributed by atoms with Crippen molar-refractivity contribution in [3.8, 4) is 0 Å². The highest BCUT2D eigenvalue weighted by atomic mass is 16.6. The number of fused-ring (bicyclic) bond motifs is 1. The summed E-state index contributed by atoms with van der Waals surface area (Å²) < 4.78 is 4.57. The Hall–Kier alpha value is -3.48. The predicted molar refractivity (Wildman–Crippen MR) is 80.3 cm³/mol. The highest BCUT2D eigenvalue weighted by Gasteiger charge is 2.24. The Balaban J connectivity index is 2.30. The molecule has 0 spiro atoms. The molecule has 0 radical (unpaired) electrons. The molecule has 1 heterocycles. The first-order chi connectivity index (χ1) is 11.1. The van der Waals surface area contributed by atoms with E-state index in [0.29, 0.717) is 16.6 Å². The van der Waals surface area contributed by atoms with E-state index in [-0.39, 0.29) is 16.7 Å². The molecule has 0 unspecified atom stereocenters. The molecule has 0 saturated heterocycles. The molecule has 0 aliphatic heterocycles. The topological polar surface area (TPSA) is 114 Å². The molecule has 0 aliphatic carbocycles. The lowest BCUT2D eigenvalue weighted by molar-refractivity contribution is -0.132. The van der Waals surface area contributed by atoms with E-state index in [1.54, 1.807) is 30.3 Å². The van der Waals surface area contributed by atoms with E-state index >= 15 is 0 Å². The summed E-state index contributed by atoms with van der Waals surface area (Å²) in [6, 6.07) is 12.5. The second kappa shape index (κ2) is 5.72. The molecule has 0 fully saturated rings. The Labute approximate surface area is 129 Å². The third-order valence-corrected chi connectivity index (χ3v) is 3.28. The number of nitrogens with zero attached hydrogens (tertiary/aromatic N) is 2. The number of carboxylic acids is 2. The van der Waals surface area contributed by atoms with Crippen LogP contribution in [0.4, 0.5) is 0 Å². The van der Waals surface area contributed by atoms with E-state index < -0.39 is 11.9 Å². The first-order valence-electron chi connectivity index (χ1n) is 6.57. The molecule has 7 nitrogen and oxygen atoms in total. The van der Waals surface area contributed by atoms with Crippen LogP contribution in [0.3, 0.4) is 0 Å². The van der Waals surface area contributed by atoms with Crippen molar-refractivity contribution in [2.75, 3.05) is 0 Å². The van der Waals surface area contributed by atoms with Crippen LogP contribution in [0, 0.1) is 0 Å². The first kappa shape index (κ1) is 14.5. The van der Waals surface area contributed by atoms with E-state index in [1.165, 1.54) is 18.2 Å². The Morgan fingerprint density at radius 3 is 2.04 bits per heavy atom. The highest BCUT2D eigenvalue weighted by molar-refractivity contribution is 6.36. The van der Waals surface area contributed by atoms with Gasteiger partial charge < -0.3 is 10.2 Å². The van der Waals surface area contributed by atoms with E-state index in [1.807, 2.05) is 0 Å². The number of benzene rings is 2. The standard InChI is InChI=1S/C16H10N2O5/c19-15(20)13(9-4-2-1-3-5-9)14(16(21)22)10-6-7-11-12(8-10)18-23-17-11/h1-8H,(H,19,20)(H,21,22)/b14-13-. The number of aromatic nitrogens is 2. The summed E-state index contributed by atoms with van der Waals surface area (Å²) in [5, 5.41) is 26.3. The Morgan fingerprint density at radius 1 is 0.783 bits per heavy atom. The van der Waals surface area contributed by atoms with Gasteiger partial charge in [-0.05, 0) is 33.6 Å². The van der Waals surface area contributed by atoms with Crippen LogP contribution >= 0.6 is 0 Å². The zero-order chi connectivity index (χ0) is 16.4. The van der Waals surface area contributed by atoms with E-state index in [0.717, 1.165) is 0 Å². The van der Waals surface area contributed by atoms with Crippen molar-refractivity contribution < 1.29 is 24.4 Å². The number of carbonyl (C=O) groups is 2. The van der Waals surface area contributed by atoms with Crippen molar-refractivity contribution in [2.24, 2.45) is 0 Å². The molecule has 2 N–H and O–H groups in total. The summed E-state index contributed by atoms with van der Waals surface area (Å²) in [7, 11) is 0. The minimum absolute atomic E-state index is 0.210. The third kappa shape index (κ3) is 2.67. The lowest BCUT2D eigenvalue weighted by Gasteiger charge is -2.09. The second-order valence-corrected chi connectivity index (χ2v) is 4.69. The lowest BCUT2D eigenvalue weighted by Crippen LogP contribution is -2.10. The maximum absolute atomic E-state index is 11.7. The van der Waals surface area contributed by atoms with Gasteiger partial charge >= 0.3 is 11.9 Å². The number of aliphatic carboxylic acids is 2. The van der Waals surface area contributed by atoms with Crippen LogP contribution in [0.15, 0.2) is 53.2 Å². The second-order valence-electron chi connectivity index (χ2n) is 4.69. The van der Waals surface area contributed by atoms with Crippen LogP contribution in [0.5, 0.6) is 0 Å². The van der Waals surface area contributed by atoms with Gasteiger partial charge in [0.25, 0.3) is 0 Å². The molecule has 3 rings (SSSR count). The minimum Gasteiger partial charge on any atom is -0.478 e. The molecule has 7 heteroatoms. The van der Waals surface area contributed by atoms with Crippen LogP contribution in [0.1, 0.15) is 11.1 Å². The molecule has 1 aromatic heterocycles. The van der Waals surface area contributed by atoms with Crippen LogP contribution in [-0.4, -0.2) is 32.5 Å². The zero-order valence-corrected chi connectivity index (χ0v) is 11.6. The minimum atomic E-state index is -1.35. The molecule has 0 bridgehead atoms. The molecule has 0 atom stereocenters. The molecular formula is C16H10N2O5. The number of hydrogen-bond donors (Lipinski definition) is 2. The van der Waals surface area contributed by atoms with Crippen LogP contribution < -0.4 is 0 Å². The molecule has 114 valence electrons. The molecular weight excluding hydrogens is 300 g/mol. The quantitative estimate of drug-likeness (QED) is 0.561. The SMILES string of the molecule is O=C(O)/C(=C(\C(=O)O)c1ccc2nonc2c1)c1ccccc1. The Kier molecular flexibility index (Phi) is 3.60. The summed E-state index contributed by atoms with van der Waals surface area (Å²) in [6.07, 6.45) is 0. The summed E-state index contributed by atoms with van der Waals surface area (Å²) in [6.45, 7) is 0. The van der Waals surface area contributed by atoms with Crippen LogP contribution in [0.25, 0.3) is 22.2 Å². The van der Waals surface area contributed by atoms with Gasteiger partial charge in [0.15, 0.2) is 0 Å². The summed E-state index contributed by atoms with van der Waals surface area (Å²) in [4.78, 5) is 23.4. The van der Waals surface area contributed by atoms with Gasteiger partial charge in [0.1, 0.15) is 11.0 Å². The van der Waals surface area contributed by atoms with E-state index in [9.17, 15) is 19.8 Å². The van der Waals surface area contributed by atoms with E-state index in [4.69, 9.17) is 0 Å². The zero-order valence-electron chi connectivity index (χ0n) is 11.6. The fourth-order valence-corrected chi connectivity index (χ4v) is 2.29. The third-order valence-electron chi connectivity index (χ3n) is 3.28. The first-order valence-corrected chi connectivity index (χ1v) is 6.57. The maximum Gasteiger partial charge on any atom is 0.337 e. The van der Waals surface area contributed by atoms with Crippen molar-refractivity contribution in [1.82, 2.24) is 10.3 Å². The molecule has 3 aromatic rings. The van der Waals surface area contributed by atoms with Gasteiger partial charge in [0.05, 0.1) is 11.1 Å². The van der Waals surface area contributed by atoms with Gasteiger partial charge in [0.2, 0.25) is 0 Å². The smallest absolute Gasteiger partial charge is 0.337 e. The largest absolute Gasteiger partial charge is 0.478 e. The lowest BCUT2D eigenvalue weighted by atomic mass is 9.94. The molecule has 0 saturated carbocycles. The predicted octanol–water partition coefficient (Wildman–Crippen LogP) is 2.30. The Bertz CT molecular complexity index is 928. The van der Waals surface area contributed by atoms with E-state index in [2.05, 4.69) is 14.9 Å². The number of rotatable bonds is 4. The van der Waals surface area contributed by atoms with Crippen LogP contribution in [0.2, 0.25) is 0 Å². The van der Waals surface area contributed by atoms with Crippen LogP contribution in [-0.2, 0) is 9.59 Å².